The first-order valence-electron chi connectivity index (χ1n) is 4.65. The molecule has 14 heavy (non-hydrogen) atoms. The molecule has 0 saturated carbocycles. The first-order valence-corrected chi connectivity index (χ1v) is 4.65. The third-order valence-electron chi connectivity index (χ3n) is 2.30. The van der Waals surface area contributed by atoms with E-state index < -0.39 is 0 Å². The molecule has 1 aliphatic heterocycles. The Bertz CT molecular complexity index is 407. The van der Waals surface area contributed by atoms with E-state index in [1.807, 2.05) is 30.3 Å². The SMILES string of the molecule is c1ccc2oc(C3OCCO3)cc2c1. The summed E-state index contributed by atoms with van der Waals surface area (Å²) in [5.41, 5.74) is 0.876. The van der Waals surface area contributed by atoms with Gasteiger partial charge in [-0.1, -0.05) is 18.2 Å². The van der Waals surface area contributed by atoms with Crippen LogP contribution in [0.4, 0.5) is 0 Å². The van der Waals surface area contributed by atoms with Crippen molar-refractivity contribution in [3.63, 3.8) is 0 Å². The van der Waals surface area contributed by atoms with E-state index in [9.17, 15) is 0 Å². The minimum Gasteiger partial charge on any atom is -0.456 e. The smallest absolute Gasteiger partial charge is 0.217 e. The Morgan fingerprint density at radius 3 is 2.64 bits per heavy atom. The predicted molar refractivity (Wildman–Crippen MR) is 50.9 cm³/mol. The van der Waals surface area contributed by atoms with Crippen molar-refractivity contribution >= 4 is 11.0 Å². The van der Waals surface area contributed by atoms with Gasteiger partial charge in [0, 0.05) is 5.39 Å². The topological polar surface area (TPSA) is 31.6 Å². The number of hydrogen-bond acceptors (Lipinski definition) is 3. The van der Waals surface area contributed by atoms with E-state index in [-0.39, 0.29) is 6.29 Å². The minimum atomic E-state index is -0.317. The first-order chi connectivity index (χ1) is 6.93. The van der Waals surface area contributed by atoms with E-state index in [0.29, 0.717) is 13.2 Å². The predicted octanol–water partition coefficient (Wildman–Crippen LogP) is 2.48. The molecule has 3 nitrogen and oxygen atoms in total. The van der Waals surface area contributed by atoms with Crippen molar-refractivity contribution in [1.82, 2.24) is 0 Å². The van der Waals surface area contributed by atoms with Gasteiger partial charge < -0.3 is 13.9 Å². The summed E-state index contributed by atoms with van der Waals surface area (Å²) in [5.74, 6) is 0.753. The normalized spacial score (nSPS) is 18.0. The van der Waals surface area contributed by atoms with Crippen LogP contribution in [0.1, 0.15) is 12.1 Å². The van der Waals surface area contributed by atoms with Gasteiger partial charge in [0.1, 0.15) is 5.58 Å². The molecule has 2 heterocycles. The maximum absolute atomic E-state index is 5.60. The molecule has 0 radical (unpaired) electrons. The first kappa shape index (κ1) is 8.03. The molecule has 3 rings (SSSR count). The highest BCUT2D eigenvalue weighted by Crippen LogP contribution is 2.28. The molecule has 1 aromatic heterocycles. The zero-order chi connectivity index (χ0) is 9.38. The zero-order valence-corrected chi connectivity index (χ0v) is 7.60. The summed E-state index contributed by atoms with van der Waals surface area (Å²) < 4.78 is 16.3. The number of furan rings is 1. The standard InChI is InChI=1S/C11H10O3/c1-2-4-9-8(3-1)7-10(14-9)11-12-5-6-13-11/h1-4,7,11H,5-6H2. The fourth-order valence-corrected chi connectivity index (χ4v) is 1.64. The van der Waals surface area contributed by atoms with Crippen LogP contribution in [0.25, 0.3) is 11.0 Å². The van der Waals surface area contributed by atoms with Crippen molar-refractivity contribution < 1.29 is 13.9 Å². The van der Waals surface area contributed by atoms with E-state index in [1.54, 1.807) is 0 Å². The van der Waals surface area contributed by atoms with Crippen molar-refractivity contribution in [2.75, 3.05) is 13.2 Å². The second-order valence-electron chi connectivity index (χ2n) is 3.26. The molecule has 0 atom stereocenters. The number of benzene rings is 1. The molecule has 0 bridgehead atoms. The lowest BCUT2D eigenvalue weighted by Crippen LogP contribution is -1.94. The van der Waals surface area contributed by atoms with Crippen LogP contribution in [0.5, 0.6) is 0 Å². The van der Waals surface area contributed by atoms with Crippen molar-refractivity contribution in [2.45, 2.75) is 6.29 Å². The van der Waals surface area contributed by atoms with Crippen molar-refractivity contribution in [1.29, 1.82) is 0 Å². The van der Waals surface area contributed by atoms with Crippen LogP contribution >= 0.6 is 0 Å². The zero-order valence-electron chi connectivity index (χ0n) is 7.60. The summed E-state index contributed by atoms with van der Waals surface area (Å²) in [5, 5.41) is 1.08. The molecule has 2 aromatic rings. The molecule has 1 aliphatic rings. The Hall–Kier alpha value is -1.32. The van der Waals surface area contributed by atoms with E-state index in [2.05, 4.69) is 0 Å². The Balaban J connectivity index is 2.05. The molecule has 1 fully saturated rings. The number of fused-ring (bicyclic) bond motifs is 1. The lowest BCUT2D eigenvalue weighted by atomic mass is 10.2. The van der Waals surface area contributed by atoms with Gasteiger partial charge in [0.05, 0.1) is 13.2 Å². The molecule has 1 aromatic carbocycles. The van der Waals surface area contributed by atoms with Crippen LogP contribution in [-0.2, 0) is 9.47 Å². The number of para-hydroxylation sites is 1. The van der Waals surface area contributed by atoms with Gasteiger partial charge in [0.25, 0.3) is 0 Å². The largest absolute Gasteiger partial charge is 0.456 e. The summed E-state index contributed by atoms with van der Waals surface area (Å²) in [6.45, 7) is 1.28. The second-order valence-corrected chi connectivity index (χ2v) is 3.26. The van der Waals surface area contributed by atoms with Crippen LogP contribution in [0, 0.1) is 0 Å². The van der Waals surface area contributed by atoms with E-state index in [0.717, 1.165) is 16.7 Å². The van der Waals surface area contributed by atoms with Crippen LogP contribution < -0.4 is 0 Å². The van der Waals surface area contributed by atoms with Crippen molar-refractivity contribution in [2.24, 2.45) is 0 Å². The average molecular weight is 190 g/mol. The van der Waals surface area contributed by atoms with Gasteiger partial charge in [-0.3, -0.25) is 0 Å². The van der Waals surface area contributed by atoms with Crippen LogP contribution in [0.3, 0.4) is 0 Å². The average Bonchev–Trinajstić information content (AvgIpc) is 2.86. The minimum absolute atomic E-state index is 0.317. The lowest BCUT2D eigenvalue weighted by Gasteiger charge is -2.03. The van der Waals surface area contributed by atoms with Gasteiger partial charge in [-0.15, -0.1) is 0 Å². The summed E-state index contributed by atoms with van der Waals surface area (Å²) in [6.07, 6.45) is -0.317. The lowest BCUT2D eigenvalue weighted by molar-refractivity contribution is -0.0579. The fraction of sp³-hybridized carbons (Fsp3) is 0.273. The second kappa shape index (κ2) is 3.12. The Morgan fingerprint density at radius 2 is 1.86 bits per heavy atom. The molecule has 0 unspecified atom stereocenters. The highest BCUT2D eigenvalue weighted by Gasteiger charge is 2.21. The third-order valence-corrected chi connectivity index (χ3v) is 2.30. The molecular weight excluding hydrogens is 180 g/mol. The van der Waals surface area contributed by atoms with E-state index >= 15 is 0 Å². The highest BCUT2D eigenvalue weighted by molar-refractivity contribution is 5.77. The summed E-state index contributed by atoms with van der Waals surface area (Å²) in [7, 11) is 0. The maximum atomic E-state index is 5.60. The van der Waals surface area contributed by atoms with E-state index in [1.165, 1.54) is 0 Å². The number of hydrogen-bond donors (Lipinski definition) is 0. The Morgan fingerprint density at radius 1 is 1.07 bits per heavy atom. The van der Waals surface area contributed by atoms with Gasteiger partial charge in [0.15, 0.2) is 5.76 Å². The highest BCUT2D eigenvalue weighted by atomic mass is 16.7. The van der Waals surface area contributed by atoms with Crippen LogP contribution in [0.15, 0.2) is 34.7 Å². The van der Waals surface area contributed by atoms with Gasteiger partial charge in [-0.05, 0) is 12.1 Å². The molecule has 0 aliphatic carbocycles. The molecule has 1 saturated heterocycles. The maximum Gasteiger partial charge on any atom is 0.217 e. The Labute approximate surface area is 81.2 Å². The van der Waals surface area contributed by atoms with Crippen LogP contribution in [-0.4, -0.2) is 13.2 Å². The molecule has 72 valence electrons. The molecule has 3 heteroatoms. The fourth-order valence-electron chi connectivity index (χ4n) is 1.64. The van der Waals surface area contributed by atoms with Gasteiger partial charge in [-0.25, -0.2) is 0 Å². The molecule has 0 amide bonds. The van der Waals surface area contributed by atoms with E-state index in [4.69, 9.17) is 13.9 Å². The molecular formula is C11H10O3. The summed E-state index contributed by atoms with van der Waals surface area (Å²) in [4.78, 5) is 0. The quantitative estimate of drug-likeness (QED) is 0.692. The summed E-state index contributed by atoms with van der Waals surface area (Å²) in [6, 6.07) is 9.85. The summed E-state index contributed by atoms with van der Waals surface area (Å²) >= 11 is 0. The van der Waals surface area contributed by atoms with Crippen molar-refractivity contribution in [3.05, 3.63) is 36.1 Å². The monoisotopic (exact) mass is 190 g/mol. The van der Waals surface area contributed by atoms with Gasteiger partial charge >= 0.3 is 0 Å². The third kappa shape index (κ3) is 1.22. The van der Waals surface area contributed by atoms with Gasteiger partial charge in [0.2, 0.25) is 6.29 Å². The van der Waals surface area contributed by atoms with Crippen LogP contribution in [0.2, 0.25) is 0 Å². The van der Waals surface area contributed by atoms with Crippen molar-refractivity contribution in [3.8, 4) is 0 Å². The number of ether oxygens (including phenoxy) is 2. The van der Waals surface area contributed by atoms with Gasteiger partial charge in [-0.2, -0.15) is 0 Å². The Kier molecular flexibility index (Phi) is 1.79. The molecule has 0 spiro atoms. The molecule has 0 N–H and O–H groups in total. The number of rotatable bonds is 1.